The molecule has 39 heavy (non-hydrogen) atoms. The Labute approximate surface area is 242 Å². The molecule has 204 valence electrons. The summed E-state index contributed by atoms with van der Waals surface area (Å²) in [7, 11) is -8.73. The van der Waals surface area contributed by atoms with Crippen LogP contribution in [0.15, 0.2) is 74.0 Å². The third-order valence-electron chi connectivity index (χ3n) is 5.81. The lowest BCUT2D eigenvalue weighted by Crippen LogP contribution is -2.16. The summed E-state index contributed by atoms with van der Waals surface area (Å²) in [4.78, 5) is -0.465. The van der Waals surface area contributed by atoms with Crippen molar-refractivity contribution < 1.29 is 21.9 Å². The van der Waals surface area contributed by atoms with Crippen LogP contribution in [0.25, 0.3) is 10.9 Å². The smallest absolute Gasteiger partial charge is 0.274 e. The highest BCUT2D eigenvalue weighted by Gasteiger charge is 2.33. The largest absolute Gasteiger partial charge is 0.392 e. The van der Waals surface area contributed by atoms with E-state index in [0.29, 0.717) is 40.9 Å². The molecule has 0 aliphatic carbocycles. The van der Waals surface area contributed by atoms with E-state index in [4.69, 9.17) is 28.9 Å². The van der Waals surface area contributed by atoms with Gasteiger partial charge in [-0.15, -0.1) is 22.7 Å². The minimum Gasteiger partial charge on any atom is -0.392 e. The van der Waals surface area contributed by atoms with Gasteiger partial charge in [0.15, 0.2) is 10.0 Å². The quantitative estimate of drug-likeness (QED) is 0.203. The predicted molar refractivity (Wildman–Crippen MR) is 154 cm³/mol. The second-order valence-electron chi connectivity index (χ2n) is 8.37. The van der Waals surface area contributed by atoms with E-state index in [0.717, 1.165) is 28.5 Å². The molecule has 0 radical (unpaired) electrons. The van der Waals surface area contributed by atoms with E-state index < -0.39 is 29.0 Å². The summed E-state index contributed by atoms with van der Waals surface area (Å²) < 4.78 is 57.5. The van der Waals surface area contributed by atoms with Crippen LogP contribution in [-0.2, 0) is 39.6 Å². The summed E-state index contributed by atoms with van der Waals surface area (Å²) in [6.45, 7) is 0.286. The van der Waals surface area contributed by atoms with Crippen molar-refractivity contribution in [1.82, 2.24) is 9.78 Å². The monoisotopic (exact) mass is 642 g/mol. The molecule has 2 aromatic carbocycles. The molecule has 5 rings (SSSR count). The van der Waals surface area contributed by atoms with Crippen molar-refractivity contribution in [1.29, 1.82) is 0 Å². The van der Waals surface area contributed by atoms with E-state index >= 15 is 0 Å². The fourth-order valence-corrected chi connectivity index (χ4v) is 10.8. The minimum absolute atomic E-state index is 0.0252. The lowest BCUT2D eigenvalue weighted by atomic mass is 10.1. The van der Waals surface area contributed by atoms with E-state index in [1.807, 2.05) is 24.3 Å². The van der Waals surface area contributed by atoms with Gasteiger partial charge in [0.25, 0.3) is 10.0 Å². The number of nitrogens with two attached hydrogens (primary N) is 1. The van der Waals surface area contributed by atoms with Crippen molar-refractivity contribution in [2.24, 2.45) is 5.73 Å². The van der Waals surface area contributed by atoms with Gasteiger partial charge in [-0.3, -0.25) is 9.40 Å². The van der Waals surface area contributed by atoms with Gasteiger partial charge in [-0.25, -0.2) is 16.8 Å². The number of thiophene rings is 2. The Morgan fingerprint density at radius 1 is 0.949 bits per heavy atom. The van der Waals surface area contributed by atoms with Crippen LogP contribution in [0, 0.1) is 0 Å². The molecule has 0 aliphatic heterocycles. The highest BCUT2D eigenvalue weighted by atomic mass is 35.5. The van der Waals surface area contributed by atoms with Crippen LogP contribution in [0.2, 0.25) is 8.67 Å². The number of nitrogens with zero attached hydrogens (tertiary/aromatic N) is 2. The van der Waals surface area contributed by atoms with Crippen LogP contribution in [0.3, 0.4) is 0 Å². The van der Waals surface area contributed by atoms with Crippen molar-refractivity contribution in [2.45, 2.75) is 33.0 Å². The number of hydrogen-bond donors (Lipinski definition) is 3. The van der Waals surface area contributed by atoms with Gasteiger partial charge in [0.1, 0.15) is 9.10 Å². The van der Waals surface area contributed by atoms with Crippen molar-refractivity contribution in [3.63, 3.8) is 0 Å². The molecule has 0 spiro atoms. The Morgan fingerprint density at radius 2 is 1.69 bits per heavy atom. The Hall–Kier alpha value is -2.49. The summed E-state index contributed by atoms with van der Waals surface area (Å²) in [6, 6.07) is 16.6. The van der Waals surface area contributed by atoms with Crippen LogP contribution >= 0.6 is 45.9 Å². The lowest BCUT2D eigenvalue weighted by molar-refractivity contribution is 0.283. The van der Waals surface area contributed by atoms with Crippen LogP contribution in [0.1, 0.15) is 16.7 Å². The lowest BCUT2D eigenvalue weighted by Gasteiger charge is -2.08. The first-order valence-electron chi connectivity index (χ1n) is 11.2. The zero-order valence-corrected chi connectivity index (χ0v) is 24.6. The molecule has 4 N–H and O–H groups in total. The van der Waals surface area contributed by atoms with Gasteiger partial charge in [-0.05, 0) is 41.0 Å². The van der Waals surface area contributed by atoms with Crippen molar-refractivity contribution >= 4 is 82.5 Å². The number of nitrogens with one attached hydrogen (secondary N) is 1. The highest BCUT2D eigenvalue weighted by Crippen LogP contribution is 2.40. The van der Waals surface area contributed by atoms with E-state index in [-0.39, 0.29) is 25.3 Å². The zero-order chi connectivity index (χ0) is 27.9. The first-order valence-corrected chi connectivity index (χ1v) is 16.6. The molecule has 0 unspecified atom stereocenters. The minimum atomic E-state index is -4.49. The maximum atomic E-state index is 13.6. The van der Waals surface area contributed by atoms with Gasteiger partial charge < -0.3 is 10.8 Å². The third kappa shape index (κ3) is 5.45. The van der Waals surface area contributed by atoms with Gasteiger partial charge in [-0.2, -0.15) is 5.10 Å². The van der Waals surface area contributed by atoms with Crippen molar-refractivity contribution in [3.8, 4) is 0 Å². The number of aliphatic hydroxyl groups is 1. The average molecular weight is 644 g/mol. The van der Waals surface area contributed by atoms with Gasteiger partial charge in [0.2, 0.25) is 9.84 Å². The van der Waals surface area contributed by atoms with Crippen LogP contribution in [0.5, 0.6) is 0 Å². The molecule has 9 nitrogen and oxygen atoms in total. The third-order valence-corrected chi connectivity index (χ3v) is 12.7. The molecule has 0 saturated carbocycles. The second kappa shape index (κ2) is 10.8. The summed E-state index contributed by atoms with van der Waals surface area (Å²) in [5.41, 5.74) is 8.60. The number of sulfone groups is 1. The van der Waals surface area contributed by atoms with Gasteiger partial charge in [0.05, 0.1) is 32.7 Å². The summed E-state index contributed by atoms with van der Waals surface area (Å²) in [5, 5.41) is 14.9. The van der Waals surface area contributed by atoms with E-state index in [2.05, 4.69) is 9.82 Å². The summed E-state index contributed by atoms with van der Waals surface area (Å²) in [5.74, 6) is -0.0586. The van der Waals surface area contributed by atoms with Crippen LogP contribution in [-0.4, -0.2) is 31.7 Å². The normalized spacial score (nSPS) is 12.3. The van der Waals surface area contributed by atoms with Gasteiger partial charge in [0, 0.05) is 6.54 Å². The van der Waals surface area contributed by atoms with Crippen LogP contribution < -0.4 is 10.5 Å². The Morgan fingerprint density at radius 3 is 2.38 bits per heavy atom. The molecule has 0 bridgehead atoms. The fourth-order valence-electron chi connectivity index (χ4n) is 4.08. The maximum Gasteiger partial charge on any atom is 0.274 e. The Kier molecular flexibility index (Phi) is 7.79. The van der Waals surface area contributed by atoms with Gasteiger partial charge >= 0.3 is 0 Å². The molecule has 0 amide bonds. The SMILES string of the molecule is NCc1cccc(Cn2nc(NS(=O)(=O)c3sc(Cl)cc3S(=O)(=O)c3ccc(Cl)s3)c3c(CO)cccc32)c1. The number of fused-ring (bicyclic) bond motifs is 1. The van der Waals surface area contributed by atoms with Gasteiger partial charge in [-0.1, -0.05) is 59.6 Å². The molecule has 5 aromatic rings. The number of benzene rings is 2. The Bertz CT molecular complexity index is 1910. The molecule has 0 aliphatic rings. The van der Waals surface area contributed by atoms with E-state index in [1.165, 1.54) is 12.1 Å². The van der Waals surface area contributed by atoms with Crippen LogP contribution in [0.4, 0.5) is 5.82 Å². The number of halogens is 2. The van der Waals surface area contributed by atoms with E-state index in [1.54, 1.807) is 22.9 Å². The molecule has 0 fully saturated rings. The molecule has 3 heterocycles. The molecular formula is C24H20Cl2N4O5S4. The standard InChI is InChI=1S/C24H20Cl2N4O5S4/c25-19-7-8-21(36-19)38(32,33)18-10-20(26)37-24(18)39(34,35)29-23-22-16(13-31)5-2-6-17(22)30(28-23)12-15-4-1-3-14(9-15)11-27/h1-10,31H,11-13,27H2,(H,28,29). The molecular weight excluding hydrogens is 623 g/mol. The maximum absolute atomic E-state index is 13.6. The summed E-state index contributed by atoms with van der Waals surface area (Å²) in [6.07, 6.45) is 0. The Balaban J connectivity index is 1.60. The second-order valence-corrected chi connectivity index (χ2v) is 15.8. The number of hydrogen-bond acceptors (Lipinski definition) is 9. The molecule has 15 heteroatoms. The van der Waals surface area contributed by atoms with Crippen molar-refractivity contribution in [3.05, 3.63) is 86.0 Å². The first kappa shape index (κ1) is 28.1. The first-order chi connectivity index (χ1) is 18.5. The number of aromatic nitrogens is 2. The molecule has 3 aromatic heterocycles. The molecule has 0 saturated heterocycles. The summed E-state index contributed by atoms with van der Waals surface area (Å²) >= 11 is 13.5. The number of rotatable bonds is 9. The number of sulfonamides is 1. The zero-order valence-electron chi connectivity index (χ0n) is 19.8. The average Bonchev–Trinajstić information content (AvgIpc) is 3.62. The highest BCUT2D eigenvalue weighted by molar-refractivity contribution is 7.97. The topological polar surface area (TPSA) is 144 Å². The fraction of sp³-hybridized carbons (Fsp3) is 0.125. The number of anilines is 1. The van der Waals surface area contributed by atoms with E-state index in [9.17, 15) is 21.9 Å². The van der Waals surface area contributed by atoms with Crippen molar-refractivity contribution in [2.75, 3.05) is 4.72 Å². The predicted octanol–water partition coefficient (Wildman–Crippen LogP) is 5.10. The molecule has 0 atom stereocenters. The number of aliphatic hydroxyl groups excluding tert-OH is 1.